The van der Waals surface area contributed by atoms with Crippen LogP contribution in [0.3, 0.4) is 0 Å². The van der Waals surface area contributed by atoms with Gasteiger partial charge in [-0.2, -0.15) is 4.99 Å². The van der Waals surface area contributed by atoms with Crippen molar-refractivity contribution in [2.75, 3.05) is 6.61 Å². The number of nitrogens with zero attached hydrogens (tertiary/aromatic N) is 2. The number of carbonyl (C=O) groups excluding carboxylic acids is 2. The van der Waals surface area contributed by atoms with Crippen LogP contribution in [0.2, 0.25) is 0 Å². The molecule has 0 saturated heterocycles. The van der Waals surface area contributed by atoms with Crippen molar-refractivity contribution in [1.29, 1.82) is 0 Å². The fourth-order valence-corrected chi connectivity index (χ4v) is 4.31. The number of allylic oxidation sites excluding steroid dienone is 1. The smallest absolute Gasteiger partial charge is 0.338 e. The number of esters is 1. The lowest BCUT2D eigenvalue weighted by molar-refractivity contribution is -0.117. The van der Waals surface area contributed by atoms with Crippen LogP contribution in [0.4, 0.5) is 0 Å². The molecule has 0 spiro atoms. The number of fused-ring (bicyclic) bond motifs is 1. The van der Waals surface area contributed by atoms with Crippen LogP contribution in [0.5, 0.6) is 0 Å². The first-order chi connectivity index (χ1) is 12.6. The molecule has 0 radical (unpaired) electrons. The van der Waals surface area contributed by atoms with Crippen LogP contribution in [-0.4, -0.2) is 23.1 Å². The molecule has 0 saturated carbocycles. The normalized spacial score (nSPS) is 11.7. The molecule has 5 nitrogen and oxygen atoms in total. The predicted molar refractivity (Wildman–Crippen MR) is 105 cm³/mol. The Morgan fingerprint density at radius 1 is 1.35 bits per heavy atom. The number of benzene rings is 1. The van der Waals surface area contributed by atoms with Crippen LogP contribution in [0.1, 0.15) is 22.2 Å². The molecule has 7 heteroatoms. The summed E-state index contributed by atoms with van der Waals surface area (Å²) in [4.78, 5) is 30.1. The summed E-state index contributed by atoms with van der Waals surface area (Å²) >= 11 is 2.92. The first-order valence-corrected chi connectivity index (χ1v) is 9.83. The maximum Gasteiger partial charge on any atom is 0.338 e. The highest BCUT2D eigenvalue weighted by Gasteiger charge is 2.12. The van der Waals surface area contributed by atoms with Crippen molar-refractivity contribution in [2.45, 2.75) is 19.9 Å². The van der Waals surface area contributed by atoms with E-state index in [-0.39, 0.29) is 18.3 Å². The van der Waals surface area contributed by atoms with Gasteiger partial charge in [0.2, 0.25) is 0 Å². The summed E-state index contributed by atoms with van der Waals surface area (Å²) in [5, 5.41) is 1.94. The minimum Gasteiger partial charge on any atom is -0.462 e. The molecular formula is C19H18N2O3S2. The SMILES string of the molecule is C=CCn1c(=NC(=O)Cc2cccs2)sc2cc(C(=O)OCC)ccc21. The Bertz CT molecular complexity index is 1010. The number of ether oxygens (including phenoxy) is 1. The molecule has 0 atom stereocenters. The minimum absolute atomic E-state index is 0.192. The maximum atomic E-state index is 12.3. The summed E-state index contributed by atoms with van der Waals surface area (Å²) in [6, 6.07) is 9.20. The van der Waals surface area contributed by atoms with Crippen molar-refractivity contribution in [3.05, 3.63) is 63.6 Å². The highest BCUT2D eigenvalue weighted by atomic mass is 32.1. The topological polar surface area (TPSA) is 60.7 Å². The highest BCUT2D eigenvalue weighted by Crippen LogP contribution is 2.20. The second kappa shape index (κ2) is 8.25. The zero-order valence-corrected chi connectivity index (χ0v) is 15.9. The summed E-state index contributed by atoms with van der Waals surface area (Å²) in [6.07, 6.45) is 2.04. The Morgan fingerprint density at radius 2 is 2.19 bits per heavy atom. The van der Waals surface area contributed by atoms with E-state index in [0.29, 0.717) is 23.5 Å². The molecular weight excluding hydrogens is 368 g/mol. The van der Waals surface area contributed by atoms with Gasteiger partial charge in [0.05, 0.1) is 28.8 Å². The van der Waals surface area contributed by atoms with Gasteiger partial charge in [0.1, 0.15) is 0 Å². The molecule has 1 amide bonds. The number of hydrogen-bond acceptors (Lipinski definition) is 5. The van der Waals surface area contributed by atoms with Crippen molar-refractivity contribution in [3.63, 3.8) is 0 Å². The lowest BCUT2D eigenvalue weighted by atomic mass is 10.2. The molecule has 2 heterocycles. The standard InChI is InChI=1S/C19H18N2O3S2/c1-3-9-21-15-8-7-13(18(23)24-4-2)11-16(15)26-19(21)20-17(22)12-14-6-5-10-25-14/h3,5-8,10-11H,1,4,9,12H2,2H3. The molecule has 3 rings (SSSR count). The summed E-state index contributed by atoms with van der Waals surface area (Å²) in [7, 11) is 0. The van der Waals surface area contributed by atoms with Gasteiger partial charge in [-0.15, -0.1) is 17.9 Å². The number of aromatic nitrogens is 1. The zero-order valence-electron chi connectivity index (χ0n) is 14.3. The number of thiophene rings is 1. The molecule has 2 aromatic heterocycles. The number of rotatable bonds is 6. The third-order valence-corrected chi connectivity index (χ3v) is 5.55. The first-order valence-electron chi connectivity index (χ1n) is 8.13. The molecule has 134 valence electrons. The van der Waals surface area contributed by atoms with Crippen molar-refractivity contribution in [2.24, 2.45) is 4.99 Å². The van der Waals surface area contributed by atoms with Crippen LogP contribution < -0.4 is 4.80 Å². The number of amides is 1. The fraction of sp³-hybridized carbons (Fsp3) is 0.211. The summed E-state index contributed by atoms with van der Waals surface area (Å²) in [5.74, 6) is -0.548. The van der Waals surface area contributed by atoms with Gasteiger partial charge >= 0.3 is 5.97 Å². The van der Waals surface area contributed by atoms with Gasteiger partial charge in [0.25, 0.3) is 5.91 Å². The van der Waals surface area contributed by atoms with Gasteiger partial charge in [0.15, 0.2) is 4.80 Å². The van der Waals surface area contributed by atoms with E-state index in [1.807, 2.05) is 28.1 Å². The largest absolute Gasteiger partial charge is 0.462 e. The van der Waals surface area contributed by atoms with Crippen molar-refractivity contribution in [3.8, 4) is 0 Å². The van der Waals surface area contributed by atoms with E-state index < -0.39 is 0 Å². The van der Waals surface area contributed by atoms with Crippen LogP contribution in [0.25, 0.3) is 10.2 Å². The quantitative estimate of drug-likeness (QED) is 0.478. The lowest BCUT2D eigenvalue weighted by Gasteiger charge is -2.03. The molecule has 0 aliphatic rings. The van der Waals surface area contributed by atoms with Gasteiger partial charge < -0.3 is 9.30 Å². The Hall–Kier alpha value is -2.51. The number of thiazole rings is 1. The molecule has 0 N–H and O–H groups in total. The second-order valence-corrected chi connectivity index (χ2v) is 7.49. The van der Waals surface area contributed by atoms with Gasteiger partial charge in [-0.05, 0) is 36.6 Å². The van der Waals surface area contributed by atoms with Gasteiger partial charge in [0, 0.05) is 11.4 Å². The van der Waals surface area contributed by atoms with E-state index in [4.69, 9.17) is 4.74 Å². The molecule has 0 aliphatic heterocycles. The molecule has 3 aromatic rings. The van der Waals surface area contributed by atoms with E-state index in [9.17, 15) is 9.59 Å². The first kappa shape index (κ1) is 18.3. The van der Waals surface area contributed by atoms with Crippen LogP contribution >= 0.6 is 22.7 Å². The Balaban J connectivity index is 2.01. The molecule has 0 fully saturated rings. The zero-order chi connectivity index (χ0) is 18.5. The lowest BCUT2D eigenvalue weighted by Crippen LogP contribution is -2.16. The van der Waals surface area contributed by atoms with Gasteiger partial charge in [-0.25, -0.2) is 4.79 Å². The summed E-state index contributed by atoms with van der Waals surface area (Å²) in [5.41, 5.74) is 1.40. The van der Waals surface area contributed by atoms with Gasteiger partial charge in [-0.1, -0.05) is 23.5 Å². The van der Waals surface area contributed by atoms with Crippen LogP contribution in [-0.2, 0) is 22.5 Å². The molecule has 26 heavy (non-hydrogen) atoms. The third-order valence-electron chi connectivity index (χ3n) is 3.63. The fourth-order valence-electron chi connectivity index (χ4n) is 2.51. The Kier molecular flexibility index (Phi) is 5.80. The highest BCUT2D eigenvalue weighted by molar-refractivity contribution is 7.16. The predicted octanol–water partition coefficient (Wildman–Crippen LogP) is 3.80. The van der Waals surface area contributed by atoms with Crippen molar-refractivity contribution >= 4 is 44.8 Å². The summed E-state index contributed by atoms with van der Waals surface area (Å²) in [6.45, 7) is 6.41. The summed E-state index contributed by atoms with van der Waals surface area (Å²) < 4.78 is 7.85. The maximum absolute atomic E-state index is 12.3. The Labute approximate surface area is 158 Å². The van der Waals surface area contributed by atoms with Crippen LogP contribution in [0, 0.1) is 0 Å². The van der Waals surface area contributed by atoms with E-state index >= 15 is 0 Å². The molecule has 0 unspecified atom stereocenters. The number of hydrogen-bond donors (Lipinski definition) is 0. The minimum atomic E-state index is -0.356. The Morgan fingerprint density at radius 3 is 2.88 bits per heavy atom. The van der Waals surface area contributed by atoms with Gasteiger partial charge in [-0.3, -0.25) is 4.79 Å². The monoisotopic (exact) mass is 386 g/mol. The van der Waals surface area contributed by atoms with E-state index in [1.165, 1.54) is 22.7 Å². The second-order valence-electron chi connectivity index (χ2n) is 5.45. The van der Waals surface area contributed by atoms with Crippen LogP contribution in [0.15, 0.2) is 53.4 Å². The van der Waals surface area contributed by atoms with E-state index in [0.717, 1.165) is 15.1 Å². The average molecular weight is 386 g/mol. The molecule has 1 aromatic carbocycles. The molecule has 0 aliphatic carbocycles. The van der Waals surface area contributed by atoms with E-state index in [1.54, 1.807) is 25.1 Å². The van der Waals surface area contributed by atoms with E-state index in [2.05, 4.69) is 11.6 Å². The third kappa shape index (κ3) is 4.00. The average Bonchev–Trinajstić information content (AvgIpc) is 3.23. The van der Waals surface area contributed by atoms with Crippen molar-refractivity contribution < 1.29 is 14.3 Å². The molecule has 0 bridgehead atoms. The number of carbonyl (C=O) groups is 2. The van der Waals surface area contributed by atoms with Crippen molar-refractivity contribution in [1.82, 2.24) is 4.57 Å².